The van der Waals surface area contributed by atoms with E-state index >= 15 is 0 Å². The molecule has 2 aromatic carbocycles. The van der Waals surface area contributed by atoms with Gasteiger partial charge in [-0.1, -0.05) is 61.7 Å². The zero-order chi connectivity index (χ0) is 13.8. The fourth-order valence-corrected chi connectivity index (χ4v) is 2.74. The molecule has 100 valence electrons. The Bertz CT molecular complexity index is 577. The fourth-order valence-electron chi connectivity index (χ4n) is 1.70. The Morgan fingerprint density at radius 1 is 1.16 bits per heavy atom. The van der Waals surface area contributed by atoms with Gasteiger partial charge in [0.15, 0.2) is 0 Å². The molecule has 5 heteroatoms. The van der Waals surface area contributed by atoms with Gasteiger partial charge < -0.3 is 10.5 Å². The van der Waals surface area contributed by atoms with Crippen LogP contribution in [0.25, 0.3) is 0 Å². The largest absolute Gasteiger partial charge is 0.483 e. The number of hydrogen-bond acceptors (Lipinski definition) is 2. The van der Waals surface area contributed by atoms with Gasteiger partial charge in [-0.15, -0.1) is 0 Å². The molecule has 0 bridgehead atoms. The molecule has 2 aromatic rings. The summed E-state index contributed by atoms with van der Waals surface area (Å²) in [5.74, 6) is 0.613. The Kier molecular flexibility index (Phi) is 5.28. The van der Waals surface area contributed by atoms with Gasteiger partial charge in [-0.3, -0.25) is 0 Å². The van der Waals surface area contributed by atoms with E-state index in [1.165, 1.54) is 0 Å². The lowest BCUT2D eigenvalue weighted by Gasteiger charge is -2.20. The minimum atomic E-state index is -0.248. The molecule has 0 saturated carbocycles. The highest BCUT2D eigenvalue weighted by atomic mass is 79.9. The van der Waals surface area contributed by atoms with Crippen LogP contribution in [0.2, 0.25) is 5.02 Å². The van der Waals surface area contributed by atoms with Crippen molar-refractivity contribution in [1.82, 2.24) is 0 Å². The summed E-state index contributed by atoms with van der Waals surface area (Å²) < 4.78 is 7.81. The third-order valence-corrected chi connectivity index (χ3v) is 4.16. The molecule has 0 radical (unpaired) electrons. The Balaban J connectivity index is 2.29. The number of benzene rings is 2. The van der Waals surface area contributed by atoms with Crippen LogP contribution in [-0.2, 0) is 0 Å². The second kappa shape index (κ2) is 6.75. The SMILES string of the molecule is NCC(Oc1cc(Br)ccc1Cl)c1ccccc1Br. The molecule has 0 heterocycles. The zero-order valence-electron chi connectivity index (χ0n) is 9.95. The van der Waals surface area contributed by atoms with Gasteiger partial charge in [-0.2, -0.15) is 0 Å². The number of halogens is 3. The van der Waals surface area contributed by atoms with Crippen LogP contribution < -0.4 is 10.5 Å². The molecule has 0 amide bonds. The molecule has 1 atom stereocenters. The van der Waals surface area contributed by atoms with Crippen molar-refractivity contribution in [3.63, 3.8) is 0 Å². The van der Waals surface area contributed by atoms with Gasteiger partial charge in [0.1, 0.15) is 11.9 Å². The van der Waals surface area contributed by atoms with Crippen LogP contribution in [-0.4, -0.2) is 6.54 Å². The van der Waals surface area contributed by atoms with Crippen molar-refractivity contribution >= 4 is 43.5 Å². The van der Waals surface area contributed by atoms with Crippen molar-refractivity contribution in [2.75, 3.05) is 6.54 Å². The maximum absolute atomic E-state index is 6.13. The molecule has 2 N–H and O–H groups in total. The van der Waals surface area contributed by atoms with Crippen LogP contribution in [0.5, 0.6) is 5.75 Å². The van der Waals surface area contributed by atoms with Crippen molar-refractivity contribution in [2.45, 2.75) is 6.10 Å². The fraction of sp³-hybridized carbons (Fsp3) is 0.143. The lowest BCUT2D eigenvalue weighted by atomic mass is 10.1. The summed E-state index contributed by atoms with van der Waals surface area (Å²) in [5, 5.41) is 0.564. The van der Waals surface area contributed by atoms with Crippen LogP contribution in [0.15, 0.2) is 51.4 Å². The van der Waals surface area contributed by atoms with E-state index in [1.54, 1.807) is 6.07 Å². The average Bonchev–Trinajstić information content (AvgIpc) is 2.41. The highest BCUT2D eigenvalue weighted by Crippen LogP contribution is 2.33. The quantitative estimate of drug-likeness (QED) is 0.782. The van der Waals surface area contributed by atoms with Crippen LogP contribution in [0.1, 0.15) is 11.7 Å². The lowest BCUT2D eigenvalue weighted by Crippen LogP contribution is -2.19. The minimum Gasteiger partial charge on any atom is -0.483 e. The van der Waals surface area contributed by atoms with E-state index in [1.807, 2.05) is 36.4 Å². The molecule has 0 aliphatic carbocycles. The average molecular weight is 406 g/mol. The Hall–Kier alpha value is -0.550. The van der Waals surface area contributed by atoms with Crippen LogP contribution in [0, 0.1) is 0 Å². The first-order valence-electron chi connectivity index (χ1n) is 5.68. The predicted octanol–water partition coefficient (Wildman–Crippen LogP) is 4.94. The number of hydrogen-bond donors (Lipinski definition) is 1. The van der Waals surface area contributed by atoms with Crippen LogP contribution >= 0.6 is 43.5 Å². The molecule has 0 aliphatic rings. The first-order chi connectivity index (χ1) is 9.11. The zero-order valence-corrected chi connectivity index (χ0v) is 13.9. The number of ether oxygens (including phenoxy) is 1. The van der Waals surface area contributed by atoms with Gasteiger partial charge >= 0.3 is 0 Å². The van der Waals surface area contributed by atoms with E-state index in [4.69, 9.17) is 22.1 Å². The van der Waals surface area contributed by atoms with Gasteiger partial charge in [-0.25, -0.2) is 0 Å². The number of nitrogens with two attached hydrogens (primary N) is 1. The monoisotopic (exact) mass is 403 g/mol. The van der Waals surface area contributed by atoms with Crippen molar-refractivity contribution in [3.05, 3.63) is 62.0 Å². The molecule has 0 saturated heterocycles. The van der Waals surface area contributed by atoms with E-state index in [9.17, 15) is 0 Å². The Morgan fingerprint density at radius 2 is 1.89 bits per heavy atom. The van der Waals surface area contributed by atoms with E-state index in [2.05, 4.69) is 31.9 Å². The highest BCUT2D eigenvalue weighted by molar-refractivity contribution is 9.10. The number of rotatable bonds is 4. The highest BCUT2D eigenvalue weighted by Gasteiger charge is 2.16. The minimum absolute atomic E-state index is 0.248. The van der Waals surface area contributed by atoms with Crippen LogP contribution in [0.3, 0.4) is 0 Å². The lowest BCUT2D eigenvalue weighted by molar-refractivity contribution is 0.213. The van der Waals surface area contributed by atoms with E-state index in [0.29, 0.717) is 17.3 Å². The maximum atomic E-state index is 6.13. The van der Waals surface area contributed by atoms with Crippen molar-refractivity contribution in [1.29, 1.82) is 0 Å². The van der Waals surface area contributed by atoms with Crippen LogP contribution in [0.4, 0.5) is 0 Å². The van der Waals surface area contributed by atoms with E-state index in [0.717, 1.165) is 14.5 Å². The summed E-state index contributed by atoms with van der Waals surface area (Å²) in [6.45, 7) is 0.367. The molecule has 1 unspecified atom stereocenters. The summed E-state index contributed by atoms with van der Waals surface area (Å²) >= 11 is 13.0. The molecule has 0 aromatic heterocycles. The summed E-state index contributed by atoms with van der Waals surface area (Å²) in [6.07, 6.45) is -0.248. The summed E-state index contributed by atoms with van der Waals surface area (Å²) in [7, 11) is 0. The van der Waals surface area contributed by atoms with Gasteiger partial charge in [0.2, 0.25) is 0 Å². The molecule has 0 fully saturated rings. The van der Waals surface area contributed by atoms with Gasteiger partial charge in [0.25, 0.3) is 0 Å². The normalized spacial score (nSPS) is 12.2. The third-order valence-electron chi connectivity index (χ3n) is 2.63. The Morgan fingerprint density at radius 3 is 2.58 bits per heavy atom. The van der Waals surface area contributed by atoms with E-state index < -0.39 is 0 Å². The smallest absolute Gasteiger partial charge is 0.140 e. The second-order valence-electron chi connectivity index (χ2n) is 3.94. The van der Waals surface area contributed by atoms with Crippen molar-refractivity contribution in [3.8, 4) is 5.75 Å². The molecule has 0 aliphatic heterocycles. The van der Waals surface area contributed by atoms with Crippen molar-refractivity contribution < 1.29 is 4.74 Å². The van der Waals surface area contributed by atoms with Crippen molar-refractivity contribution in [2.24, 2.45) is 5.73 Å². The molecule has 19 heavy (non-hydrogen) atoms. The molecular weight excluding hydrogens is 393 g/mol. The first-order valence-corrected chi connectivity index (χ1v) is 7.64. The molecule has 0 spiro atoms. The summed E-state index contributed by atoms with van der Waals surface area (Å²) in [5.41, 5.74) is 6.81. The topological polar surface area (TPSA) is 35.2 Å². The van der Waals surface area contributed by atoms with Gasteiger partial charge in [-0.05, 0) is 24.3 Å². The molecule has 2 nitrogen and oxygen atoms in total. The summed E-state index contributed by atoms with van der Waals surface area (Å²) in [6, 6.07) is 13.3. The third kappa shape index (κ3) is 3.72. The second-order valence-corrected chi connectivity index (χ2v) is 6.12. The van der Waals surface area contributed by atoms with E-state index in [-0.39, 0.29) is 6.10 Å². The van der Waals surface area contributed by atoms with Gasteiger partial charge in [0, 0.05) is 21.1 Å². The predicted molar refractivity (Wildman–Crippen MR) is 85.7 cm³/mol. The standard InChI is InChI=1S/C14H12Br2ClNO/c15-9-5-6-12(17)13(7-9)19-14(8-18)10-3-1-2-4-11(10)16/h1-7,14H,8,18H2. The molecule has 2 rings (SSSR count). The maximum Gasteiger partial charge on any atom is 0.140 e. The summed E-state index contributed by atoms with van der Waals surface area (Å²) in [4.78, 5) is 0. The van der Waals surface area contributed by atoms with Gasteiger partial charge in [0.05, 0.1) is 5.02 Å². The molecular formula is C14H12Br2ClNO. The first kappa shape index (κ1) is 14.9. The Labute approximate surface area is 134 Å².